The Labute approximate surface area is 246 Å². The van der Waals surface area contributed by atoms with Crippen molar-refractivity contribution in [3.05, 3.63) is 101 Å². The summed E-state index contributed by atoms with van der Waals surface area (Å²) < 4.78 is 13.9. The molecule has 8 nitrogen and oxygen atoms in total. The zero-order chi connectivity index (χ0) is 29.6. The van der Waals surface area contributed by atoms with E-state index in [0.717, 1.165) is 39.2 Å². The molecule has 3 aromatic carbocycles. The number of aromatic nitrogens is 3. The average molecular weight is 564 g/mol. The Kier molecular flexibility index (Phi) is 7.12. The molecule has 1 aliphatic heterocycles. The molecule has 0 bridgehead atoms. The van der Waals surface area contributed by atoms with Crippen LogP contribution in [-0.4, -0.2) is 51.8 Å². The maximum atomic E-state index is 13.5. The maximum Gasteiger partial charge on any atom is 0.198 e. The standard InChI is InChI=1S/C34H37N5O3/c1-21-15-25(42-24-11-8-10-23(17-24)34(2,3)4)13-14-29(21)39-33(35)26(18-36-39)30-19-41-20-31(38(30)5)32(40)28-16-22-9-6-7-12-27(22)37-28/h6-18,30-31,37H,19-20,35H2,1-5H3. The summed E-state index contributed by atoms with van der Waals surface area (Å²) in [6.45, 7) is 9.31. The summed E-state index contributed by atoms with van der Waals surface area (Å²) in [6, 6.07) is 23.2. The average Bonchev–Trinajstić information content (AvgIpc) is 3.56. The molecule has 3 heterocycles. The second-order valence-electron chi connectivity index (χ2n) is 12.1. The van der Waals surface area contributed by atoms with Crippen molar-refractivity contribution in [3.63, 3.8) is 0 Å². The molecule has 3 N–H and O–H groups in total. The summed E-state index contributed by atoms with van der Waals surface area (Å²) in [5.41, 5.74) is 12.1. The lowest BCUT2D eigenvalue weighted by Crippen LogP contribution is -2.49. The molecule has 1 fully saturated rings. The summed E-state index contributed by atoms with van der Waals surface area (Å²) in [4.78, 5) is 18.8. The molecule has 42 heavy (non-hydrogen) atoms. The van der Waals surface area contributed by atoms with Crippen LogP contribution in [0.5, 0.6) is 11.5 Å². The number of carbonyl (C=O) groups is 1. The monoisotopic (exact) mass is 563 g/mol. The number of nitrogen functional groups attached to an aromatic ring is 1. The van der Waals surface area contributed by atoms with Crippen LogP contribution in [-0.2, 0) is 10.2 Å². The summed E-state index contributed by atoms with van der Waals surface area (Å²) in [7, 11) is 1.95. The van der Waals surface area contributed by atoms with E-state index in [0.29, 0.717) is 24.7 Å². The quantitative estimate of drug-likeness (QED) is 0.226. The second-order valence-corrected chi connectivity index (χ2v) is 12.1. The van der Waals surface area contributed by atoms with Gasteiger partial charge in [-0.05, 0) is 73.0 Å². The summed E-state index contributed by atoms with van der Waals surface area (Å²) in [5.74, 6) is 2.05. The minimum atomic E-state index is -0.450. The van der Waals surface area contributed by atoms with E-state index in [2.05, 4.69) is 43.0 Å². The third kappa shape index (κ3) is 5.19. The van der Waals surface area contributed by atoms with Gasteiger partial charge in [0.1, 0.15) is 17.3 Å². The van der Waals surface area contributed by atoms with Crippen molar-refractivity contribution in [2.24, 2.45) is 0 Å². The van der Waals surface area contributed by atoms with Crippen molar-refractivity contribution in [2.45, 2.75) is 45.2 Å². The maximum absolute atomic E-state index is 13.5. The Morgan fingerprint density at radius 1 is 1.02 bits per heavy atom. The number of likely N-dealkylation sites (N-methyl/N-ethyl adjacent to an activating group) is 1. The number of benzene rings is 3. The van der Waals surface area contributed by atoms with Crippen molar-refractivity contribution in [3.8, 4) is 17.2 Å². The Morgan fingerprint density at radius 2 is 1.81 bits per heavy atom. The predicted octanol–water partition coefficient (Wildman–Crippen LogP) is 6.59. The number of rotatable bonds is 6. The minimum absolute atomic E-state index is 0.0103. The van der Waals surface area contributed by atoms with Crippen molar-refractivity contribution >= 4 is 22.5 Å². The lowest BCUT2D eigenvalue weighted by atomic mass is 9.87. The fourth-order valence-electron chi connectivity index (χ4n) is 5.61. The minimum Gasteiger partial charge on any atom is -0.457 e. The Hall–Kier alpha value is -4.40. The van der Waals surface area contributed by atoms with Crippen molar-refractivity contribution in [1.82, 2.24) is 19.7 Å². The van der Waals surface area contributed by atoms with Crippen LogP contribution in [0, 0.1) is 6.92 Å². The van der Waals surface area contributed by atoms with Crippen LogP contribution < -0.4 is 10.5 Å². The number of ether oxygens (including phenoxy) is 2. The van der Waals surface area contributed by atoms with Crippen LogP contribution in [0.4, 0.5) is 5.82 Å². The number of Topliss-reactive ketones (excluding diaryl/α,β-unsaturated/α-hetero) is 1. The number of aromatic amines is 1. The first-order valence-electron chi connectivity index (χ1n) is 14.2. The van der Waals surface area contributed by atoms with E-state index >= 15 is 0 Å². The highest BCUT2D eigenvalue weighted by molar-refractivity contribution is 6.02. The van der Waals surface area contributed by atoms with Crippen LogP contribution in [0.1, 0.15) is 54.0 Å². The predicted molar refractivity (Wildman–Crippen MR) is 166 cm³/mol. The zero-order valence-electron chi connectivity index (χ0n) is 24.7. The summed E-state index contributed by atoms with van der Waals surface area (Å²) in [5, 5.41) is 5.65. The number of anilines is 1. The summed E-state index contributed by atoms with van der Waals surface area (Å²) >= 11 is 0. The van der Waals surface area contributed by atoms with Crippen LogP contribution in [0.15, 0.2) is 79.0 Å². The number of nitrogens with two attached hydrogens (primary N) is 1. The number of aryl methyl sites for hydroxylation is 1. The molecule has 0 saturated carbocycles. The Balaban J connectivity index is 1.22. The Morgan fingerprint density at radius 3 is 2.57 bits per heavy atom. The van der Waals surface area contributed by atoms with E-state index in [4.69, 9.17) is 15.2 Å². The fourth-order valence-corrected chi connectivity index (χ4v) is 5.61. The number of hydrogen-bond donors (Lipinski definition) is 2. The van der Waals surface area contributed by atoms with Gasteiger partial charge in [-0.2, -0.15) is 5.10 Å². The molecule has 8 heteroatoms. The first-order chi connectivity index (χ1) is 20.1. The van der Waals surface area contributed by atoms with Gasteiger partial charge in [-0.25, -0.2) is 4.68 Å². The fraction of sp³-hybridized carbons (Fsp3) is 0.294. The molecule has 1 saturated heterocycles. The number of hydrogen-bond acceptors (Lipinski definition) is 6. The molecular formula is C34H37N5O3. The van der Waals surface area contributed by atoms with Gasteiger partial charge >= 0.3 is 0 Å². The van der Waals surface area contributed by atoms with Crippen LogP contribution >= 0.6 is 0 Å². The van der Waals surface area contributed by atoms with Crippen molar-refractivity contribution in [1.29, 1.82) is 0 Å². The second kappa shape index (κ2) is 10.8. The number of H-pyrrole nitrogens is 1. The molecule has 2 atom stereocenters. The number of fused-ring (bicyclic) bond motifs is 1. The van der Waals surface area contributed by atoms with Gasteiger partial charge in [-0.15, -0.1) is 0 Å². The molecule has 2 aromatic heterocycles. The van der Waals surface area contributed by atoms with Gasteiger partial charge in [-0.3, -0.25) is 9.69 Å². The van der Waals surface area contributed by atoms with Gasteiger partial charge in [0.25, 0.3) is 0 Å². The van der Waals surface area contributed by atoms with Crippen LogP contribution in [0.25, 0.3) is 16.6 Å². The molecule has 6 rings (SSSR count). The molecule has 0 spiro atoms. The molecule has 0 aliphatic carbocycles. The van der Waals surface area contributed by atoms with Crippen LogP contribution in [0.3, 0.4) is 0 Å². The third-order valence-electron chi connectivity index (χ3n) is 8.16. The van der Waals surface area contributed by atoms with E-state index < -0.39 is 6.04 Å². The number of para-hydroxylation sites is 1. The first-order valence-corrected chi connectivity index (χ1v) is 14.2. The van der Waals surface area contributed by atoms with Gasteiger partial charge in [0, 0.05) is 16.5 Å². The number of carbonyl (C=O) groups excluding carboxylic acids is 1. The van der Waals surface area contributed by atoms with Gasteiger partial charge in [0.05, 0.1) is 42.9 Å². The highest BCUT2D eigenvalue weighted by atomic mass is 16.5. The number of nitrogens with zero attached hydrogens (tertiary/aromatic N) is 3. The van der Waals surface area contributed by atoms with Crippen LogP contribution in [0.2, 0.25) is 0 Å². The number of ketones is 1. The first kappa shape index (κ1) is 27.8. The lowest BCUT2D eigenvalue weighted by molar-refractivity contribution is -0.0277. The van der Waals surface area contributed by atoms with E-state index in [1.807, 2.05) is 79.5 Å². The zero-order valence-corrected chi connectivity index (χ0v) is 24.7. The largest absolute Gasteiger partial charge is 0.457 e. The van der Waals surface area contributed by atoms with Gasteiger partial charge in [0.15, 0.2) is 5.78 Å². The molecule has 2 unspecified atom stereocenters. The molecule has 5 aromatic rings. The SMILES string of the molecule is Cc1cc(Oc2cccc(C(C)(C)C)c2)ccc1-n1ncc(C2COCC(C(=O)c3cc4ccccc4[nH]3)N2C)c1N. The smallest absolute Gasteiger partial charge is 0.198 e. The van der Waals surface area contributed by atoms with E-state index in [1.165, 1.54) is 5.56 Å². The third-order valence-corrected chi connectivity index (χ3v) is 8.16. The molecular weight excluding hydrogens is 526 g/mol. The highest BCUT2D eigenvalue weighted by Gasteiger charge is 2.37. The van der Waals surface area contributed by atoms with Crippen molar-refractivity contribution < 1.29 is 14.3 Å². The molecule has 1 aliphatic rings. The number of morpholine rings is 1. The van der Waals surface area contributed by atoms with Gasteiger partial charge in [0.2, 0.25) is 0 Å². The van der Waals surface area contributed by atoms with E-state index in [1.54, 1.807) is 10.9 Å². The van der Waals surface area contributed by atoms with E-state index in [-0.39, 0.29) is 17.2 Å². The number of nitrogens with one attached hydrogen (secondary N) is 1. The summed E-state index contributed by atoms with van der Waals surface area (Å²) in [6.07, 6.45) is 1.78. The topological polar surface area (TPSA) is 98.4 Å². The normalized spacial score (nSPS) is 17.9. The van der Waals surface area contributed by atoms with Gasteiger partial charge < -0.3 is 20.2 Å². The Bertz CT molecular complexity index is 1730. The van der Waals surface area contributed by atoms with Crippen molar-refractivity contribution in [2.75, 3.05) is 26.0 Å². The molecule has 216 valence electrons. The molecule has 0 radical (unpaired) electrons. The highest BCUT2D eigenvalue weighted by Crippen LogP contribution is 2.34. The molecule has 0 amide bonds. The van der Waals surface area contributed by atoms with E-state index in [9.17, 15) is 4.79 Å². The van der Waals surface area contributed by atoms with Gasteiger partial charge in [-0.1, -0.05) is 51.1 Å². The lowest BCUT2D eigenvalue weighted by Gasteiger charge is -2.38.